The summed E-state index contributed by atoms with van der Waals surface area (Å²) in [4.78, 5) is 11.3. The Balaban J connectivity index is -0.000000181. The summed E-state index contributed by atoms with van der Waals surface area (Å²) in [6.07, 6.45) is 2.27. The van der Waals surface area contributed by atoms with Crippen molar-refractivity contribution >= 4 is 5.78 Å². The molecule has 4 unspecified atom stereocenters. The second kappa shape index (κ2) is 19.8. The molecule has 0 aliphatic carbocycles. The number of carbonyl (C=O) groups is 1. The standard InChI is InChI=1S/C11H22.C10H22.C9H18O.CH4/c1-7-11(9(4)5)10(6)8(2)3;1-7(2)9(5)10(6)8(3)4;1-6(2)8(5)9(10)7(3)4;/h7-10H,1-6H3;7-10H,1-6H3;6-8H,1-5H3;1H4/b11-7-;;;. The van der Waals surface area contributed by atoms with E-state index >= 15 is 0 Å². The SMILES string of the molecule is C.C/C=C(/C(C)C)C(C)C(C)C.CC(C)C(=O)C(C)C(C)C.CC(C)C(C)C(C)C(C)C. The molecule has 0 radical (unpaired) electrons. The van der Waals surface area contributed by atoms with Crippen molar-refractivity contribution in [2.75, 3.05) is 0 Å². The lowest BCUT2D eigenvalue weighted by molar-refractivity contribution is -0.126. The van der Waals surface area contributed by atoms with E-state index in [1.807, 2.05) is 20.8 Å². The molecule has 0 rings (SSSR count). The van der Waals surface area contributed by atoms with Gasteiger partial charge in [0.1, 0.15) is 5.78 Å². The highest BCUT2D eigenvalue weighted by atomic mass is 16.1. The maximum atomic E-state index is 11.3. The van der Waals surface area contributed by atoms with Crippen LogP contribution >= 0.6 is 0 Å². The van der Waals surface area contributed by atoms with Crippen LogP contribution in [0.1, 0.15) is 125 Å². The number of Topliss-reactive ketones (excluding diaryl/α,β-unsaturated/α-hetero) is 1. The molecule has 0 bridgehead atoms. The van der Waals surface area contributed by atoms with Crippen LogP contribution < -0.4 is 0 Å². The van der Waals surface area contributed by atoms with Crippen molar-refractivity contribution in [1.29, 1.82) is 0 Å². The molecule has 0 N–H and O–H groups in total. The summed E-state index contributed by atoms with van der Waals surface area (Å²) in [5, 5.41) is 0. The average molecular weight is 455 g/mol. The Hall–Kier alpha value is -0.590. The van der Waals surface area contributed by atoms with E-state index in [0.717, 1.165) is 35.5 Å². The third kappa shape index (κ3) is 17.0. The van der Waals surface area contributed by atoms with Gasteiger partial charge in [-0.1, -0.05) is 130 Å². The number of hydrogen-bond donors (Lipinski definition) is 0. The number of ketones is 1. The fourth-order valence-corrected chi connectivity index (χ4v) is 3.58. The minimum atomic E-state index is 0. The second-order valence-electron chi connectivity index (χ2n) is 11.8. The molecule has 0 aliphatic rings. The molecule has 0 amide bonds. The smallest absolute Gasteiger partial charge is 0.138 e. The first-order chi connectivity index (χ1) is 13.9. The second-order valence-corrected chi connectivity index (χ2v) is 11.8. The Morgan fingerprint density at radius 1 is 0.500 bits per heavy atom. The van der Waals surface area contributed by atoms with Gasteiger partial charge >= 0.3 is 0 Å². The van der Waals surface area contributed by atoms with Crippen LogP contribution in [0.15, 0.2) is 11.6 Å². The molecule has 0 aliphatic heterocycles. The molecule has 0 saturated carbocycles. The summed E-state index contributed by atoms with van der Waals surface area (Å²) in [5.74, 6) is 6.87. The zero-order valence-electron chi connectivity index (χ0n) is 24.8. The van der Waals surface area contributed by atoms with Crippen molar-refractivity contribution in [3.8, 4) is 0 Å². The van der Waals surface area contributed by atoms with Crippen LogP contribution in [0.2, 0.25) is 0 Å². The van der Waals surface area contributed by atoms with Gasteiger partial charge in [0.05, 0.1) is 0 Å². The van der Waals surface area contributed by atoms with Crippen LogP contribution in [-0.4, -0.2) is 5.78 Å². The molecule has 0 fully saturated rings. The van der Waals surface area contributed by atoms with Crippen LogP contribution in [-0.2, 0) is 4.79 Å². The Morgan fingerprint density at radius 3 is 0.906 bits per heavy atom. The van der Waals surface area contributed by atoms with Crippen LogP contribution in [0.4, 0.5) is 0 Å². The van der Waals surface area contributed by atoms with Gasteiger partial charge in [-0.25, -0.2) is 0 Å². The van der Waals surface area contributed by atoms with E-state index in [9.17, 15) is 4.79 Å². The Kier molecular flexibility index (Phi) is 24.0. The lowest BCUT2D eigenvalue weighted by Crippen LogP contribution is -2.21. The summed E-state index contributed by atoms with van der Waals surface area (Å²) < 4.78 is 0. The molecule has 32 heavy (non-hydrogen) atoms. The fourth-order valence-electron chi connectivity index (χ4n) is 3.58. The van der Waals surface area contributed by atoms with Crippen LogP contribution in [0, 0.1) is 59.2 Å². The molecular weight excluding hydrogens is 388 g/mol. The maximum Gasteiger partial charge on any atom is 0.138 e. The maximum absolute atomic E-state index is 11.3. The van der Waals surface area contributed by atoms with Gasteiger partial charge < -0.3 is 0 Å². The van der Waals surface area contributed by atoms with Crippen molar-refractivity contribution in [2.45, 2.75) is 125 Å². The molecule has 0 aromatic carbocycles. The summed E-state index contributed by atoms with van der Waals surface area (Å²) in [5.41, 5.74) is 1.60. The lowest BCUT2D eigenvalue weighted by Gasteiger charge is -2.26. The van der Waals surface area contributed by atoms with Crippen molar-refractivity contribution in [3.05, 3.63) is 11.6 Å². The van der Waals surface area contributed by atoms with Crippen molar-refractivity contribution in [2.24, 2.45) is 59.2 Å². The van der Waals surface area contributed by atoms with Gasteiger partial charge in [-0.2, -0.15) is 0 Å². The van der Waals surface area contributed by atoms with Gasteiger partial charge in [0.15, 0.2) is 0 Å². The first-order valence-corrected chi connectivity index (χ1v) is 13.1. The number of carbonyl (C=O) groups excluding carboxylic acids is 1. The van der Waals surface area contributed by atoms with Gasteiger partial charge in [-0.3, -0.25) is 4.79 Å². The van der Waals surface area contributed by atoms with Gasteiger partial charge in [0.2, 0.25) is 0 Å². The minimum Gasteiger partial charge on any atom is -0.299 e. The minimum absolute atomic E-state index is 0. The van der Waals surface area contributed by atoms with E-state index in [0.29, 0.717) is 17.6 Å². The first kappa shape index (κ1) is 38.7. The highest BCUT2D eigenvalue weighted by Gasteiger charge is 2.19. The molecular formula is C31H66O. The number of rotatable bonds is 9. The van der Waals surface area contributed by atoms with Gasteiger partial charge in [0.25, 0.3) is 0 Å². The quantitative estimate of drug-likeness (QED) is 0.316. The number of allylic oxidation sites excluding steroid dienone is 2. The number of hydrogen-bond acceptors (Lipinski definition) is 1. The first-order valence-electron chi connectivity index (χ1n) is 13.1. The van der Waals surface area contributed by atoms with Crippen LogP contribution in [0.5, 0.6) is 0 Å². The summed E-state index contributed by atoms with van der Waals surface area (Å²) in [6, 6.07) is 0. The monoisotopic (exact) mass is 455 g/mol. The molecule has 0 spiro atoms. The highest BCUT2D eigenvalue weighted by Crippen LogP contribution is 2.26. The van der Waals surface area contributed by atoms with Crippen LogP contribution in [0.25, 0.3) is 0 Å². The van der Waals surface area contributed by atoms with Gasteiger partial charge in [0, 0.05) is 11.8 Å². The van der Waals surface area contributed by atoms with E-state index in [-0.39, 0.29) is 19.3 Å². The van der Waals surface area contributed by atoms with Crippen LogP contribution in [0.3, 0.4) is 0 Å². The Labute approximate surface area is 206 Å². The third-order valence-corrected chi connectivity index (χ3v) is 7.48. The normalized spacial score (nSPS) is 15.7. The molecule has 1 heteroatoms. The fraction of sp³-hybridized carbons (Fsp3) is 0.903. The predicted molar refractivity (Wildman–Crippen MR) is 151 cm³/mol. The molecule has 4 atom stereocenters. The molecule has 0 aromatic heterocycles. The van der Waals surface area contributed by atoms with Crippen molar-refractivity contribution in [3.63, 3.8) is 0 Å². The van der Waals surface area contributed by atoms with Crippen molar-refractivity contribution < 1.29 is 4.79 Å². The summed E-state index contributed by atoms with van der Waals surface area (Å²) in [7, 11) is 0. The highest BCUT2D eigenvalue weighted by molar-refractivity contribution is 5.82. The van der Waals surface area contributed by atoms with E-state index < -0.39 is 0 Å². The summed E-state index contributed by atoms with van der Waals surface area (Å²) >= 11 is 0. The molecule has 0 saturated heterocycles. The molecule has 0 heterocycles. The largest absolute Gasteiger partial charge is 0.299 e. The lowest BCUT2D eigenvalue weighted by atomic mass is 9.80. The average Bonchev–Trinajstić information content (AvgIpc) is 2.66. The van der Waals surface area contributed by atoms with Gasteiger partial charge in [-0.05, 0) is 54.3 Å². The molecule has 0 aromatic rings. The Bertz CT molecular complexity index is 453. The van der Waals surface area contributed by atoms with E-state index in [1.165, 1.54) is 0 Å². The zero-order valence-corrected chi connectivity index (χ0v) is 24.8. The van der Waals surface area contributed by atoms with E-state index in [1.54, 1.807) is 5.57 Å². The van der Waals surface area contributed by atoms with Crippen molar-refractivity contribution in [1.82, 2.24) is 0 Å². The topological polar surface area (TPSA) is 17.1 Å². The molecule has 1 nitrogen and oxygen atoms in total. The molecule has 196 valence electrons. The zero-order chi connectivity index (χ0) is 25.6. The van der Waals surface area contributed by atoms with E-state index in [4.69, 9.17) is 0 Å². The van der Waals surface area contributed by atoms with E-state index in [2.05, 4.69) is 103 Å². The van der Waals surface area contributed by atoms with Gasteiger partial charge in [-0.15, -0.1) is 0 Å². The Morgan fingerprint density at radius 2 is 0.812 bits per heavy atom. The predicted octanol–water partition coefficient (Wildman–Crippen LogP) is 10.6. The summed E-state index contributed by atoms with van der Waals surface area (Å²) in [6.45, 7) is 37.6. The third-order valence-electron chi connectivity index (χ3n) is 7.48.